The molecule has 11 heavy (non-hydrogen) atoms. The molecule has 3 heteroatoms. The molecule has 0 amide bonds. The van der Waals surface area contributed by atoms with E-state index in [0.717, 1.165) is 6.42 Å². The predicted molar refractivity (Wildman–Crippen MR) is 43.9 cm³/mol. The van der Waals surface area contributed by atoms with Gasteiger partial charge in [-0.15, -0.1) is 5.48 Å². The Morgan fingerprint density at radius 2 is 2.00 bits per heavy atom. The lowest BCUT2D eigenvalue weighted by Gasteiger charge is -2.18. The molecule has 0 spiro atoms. The summed E-state index contributed by atoms with van der Waals surface area (Å²) < 4.78 is 0. The first-order chi connectivity index (χ1) is 4.95. The highest BCUT2D eigenvalue weighted by Crippen LogP contribution is 1.99. The van der Waals surface area contributed by atoms with E-state index in [2.05, 4.69) is 5.48 Å². The van der Waals surface area contributed by atoms with Gasteiger partial charge >= 0.3 is 5.97 Å². The fourth-order valence-corrected chi connectivity index (χ4v) is 0.465. The van der Waals surface area contributed by atoms with Gasteiger partial charge in [0.05, 0.1) is 0 Å². The van der Waals surface area contributed by atoms with Crippen LogP contribution in [0.3, 0.4) is 0 Å². The standard InChI is InChI=1S/C8H17NO2/c1-5-6-7(10)11-9-8(2,3)4/h9H,5-6H2,1-4H3. The van der Waals surface area contributed by atoms with Crippen molar-refractivity contribution in [2.24, 2.45) is 0 Å². The fraction of sp³-hybridized carbons (Fsp3) is 0.875. The van der Waals surface area contributed by atoms with Crippen LogP contribution in [0.15, 0.2) is 0 Å². The number of carbonyl (C=O) groups is 1. The van der Waals surface area contributed by atoms with E-state index in [9.17, 15) is 4.79 Å². The van der Waals surface area contributed by atoms with E-state index in [-0.39, 0.29) is 11.5 Å². The van der Waals surface area contributed by atoms with Gasteiger partial charge < -0.3 is 4.84 Å². The molecule has 0 saturated carbocycles. The van der Waals surface area contributed by atoms with Gasteiger partial charge in [0, 0.05) is 12.0 Å². The second-order valence-corrected chi connectivity index (χ2v) is 3.58. The van der Waals surface area contributed by atoms with Crippen molar-refractivity contribution < 1.29 is 9.63 Å². The number of rotatable bonds is 3. The molecule has 0 aromatic carbocycles. The Bertz CT molecular complexity index is 127. The first-order valence-corrected chi connectivity index (χ1v) is 3.92. The van der Waals surface area contributed by atoms with Crippen LogP contribution in [0.2, 0.25) is 0 Å². The van der Waals surface area contributed by atoms with Crippen molar-refractivity contribution >= 4 is 5.97 Å². The predicted octanol–water partition coefficient (Wildman–Crippen LogP) is 1.63. The van der Waals surface area contributed by atoms with Crippen molar-refractivity contribution in [3.05, 3.63) is 0 Å². The highest BCUT2D eigenvalue weighted by molar-refractivity contribution is 5.68. The average Bonchev–Trinajstić information content (AvgIpc) is 1.83. The molecule has 0 rings (SSSR count). The lowest BCUT2D eigenvalue weighted by molar-refractivity contribution is -0.155. The van der Waals surface area contributed by atoms with Gasteiger partial charge in [-0.3, -0.25) is 4.79 Å². The third kappa shape index (κ3) is 7.33. The molecule has 0 bridgehead atoms. The normalized spacial score (nSPS) is 11.3. The monoisotopic (exact) mass is 159 g/mol. The van der Waals surface area contributed by atoms with E-state index < -0.39 is 0 Å². The minimum absolute atomic E-state index is 0.163. The maximum atomic E-state index is 10.8. The molecule has 3 nitrogen and oxygen atoms in total. The Labute approximate surface area is 68.1 Å². The van der Waals surface area contributed by atoms with Gasteiger partial charge in [-0.2, -0.15) is 0 Å². The van der Waals surface area contributed by atoms with Crippen LogP contribution in [-0.2, 0) is 9.63 Å². The van der Waals surface area contributed by atoms with Crippen molar-refractivity contribution in [3.8, 4) is 0 Å². The second kappa shape index (κ2) is 4.34. The van der Waals surface area contributed by atoms with Crippen molar-refractivity contribution in [2.45, 2.75) is 46.1 Å². The second-order valence-electron chi connectivity index (χ2n) is 3.58. The smallest absolute Gasteiger partial charge is 0.324 e. The molecule has 1 N–H and O–H groups in total. The Kier molecular flexibility index (Phi) is 4.11. The van der Waals surface area contributed by atoms with Crippen molar-refractivity contribution in [3.63, 3.8) is 0 Å². The average molecular weight is 159 g/mol. The molecule has 66 valence electrons. The Morgan fingerprint density at radius 3 is 2.36 bits per heavy atom. The molecule has 0 atom stereocenters. The van der Waals surface area contributed by atoms with E-state index in [1.165, 1.54) is 0 Å². The first kappa shape index (κ1) is 10.4. The SMILES string of the molecule is CCCC(=O)ONC(C)(C)C. The fourth-order valence-electron chi connectivity index (χ4n) is 0.465. The molecular weight excluding hydrogens is 142 g/mol. The molecular formula is C8H17NO2. The van der Waals surface area contributed by atoms with E-state index in [4.69, 9.17) is 4.84 Å². The third-order valence-corrected chi connectivity index (χ3v) is 0.925. The van der Waals surface area contributed by atoms with Gasteiger partial charge in [-0.25, -0.2) is 0 Å². The summed E-state index contributed by atoms with van der Waals surface area (Å²) >= 11 is 0. The zero-order valence-corrected chi connectivity index (χ0v) is 7.73. The minimum atomic E-state index is -0.192. The van der Waals surface area contributed by atoms with Crippen LogP contribution < -0.4 is 5.48 Å². The van der Waals surface area contributed by atoms with E-state index in [1.54, 1.807) is 0 Å². The maximum Gasteiger partial charge on any atom is 0.324 e. The van der Waals surface area contributed by atoms with Crippen LogP contribution in [0.5, 0.6) is 0 Å². The summed E-state index contributed by atoms with van der Waals surface area (Å²) in [4.78, 5) is 15.6. The van der Waals surface area contributed by atoms with Gasteiger partial charge in [0.25, 0.3) is 0 Å². The first-order valence-electron chi connectivity index (χ1n) is 3.92. The van der Waals surface area contributed by atoms with Gasteiger partial charge in [0.1, 0.15) is 0 Å². The topological polar surface area (TPSA) is 38.3 Å². The summed E-state index contributed by atoms with van der Waals surface area (Å²) in [6.07, 6.45) is 1.30. The van der Waals surface area contributed by atoms with Gasteiger partial charge in [-0.1, -0.05) is 6.92 Å². The highest BCUT2D eigenvalue weighted by Gasteiger charge is 2.11. The largest absolute Gasteiger partial charge is 0.370 e. The highest BCUT2D eigenvalue weighted by atomic mass is 16.7. The Morgan fingerprint density at radius 1 is 1.45 bits per heavy atom. The summed E-state index contributed by atoms with van der Waals surface area (Å²) in [6, 6.07) is 0. The Balaban J connectivity index is 3.46. The molecule has 0 aliphatic rings. The van der Waals surface area contributed by atoms with Crippen LogP contribution in [0.4, 0.5) is 0 Å². The number of nitrogens with one attached hydrogen (secondary N) is 1. The molecule has 0 saturated heterocycles. The van der Waals surface area contributed by atoms with Crippen LogP contribution in [0.1, 0.15) is 40.5 Å². The molecule has 0 aliphatic carbocycles. The molecule has 0 aromatic rings. The third-order valence-electron chi connectivity index (χ3n) is 0.925. The molecule has 0 unspecified atom stereocenters. The van der Waals surface area contributed by atoms with Crippen molar-refractivity contribution in [2.75, 3.05) is 0 Å². The summed E-state index contributed by atoms with van der Waals surface area (Å²) in [5.74, 6) is -0.192. The van der Waals surface area contributed by atoms with Gasteiger partial charge in [-0.05, 0) is 27.2 Å². The minimum Gasteiger partial charge on any atom is -0.370 e. The molecule has 0 aliphatic heterocycles. The number of carbonyl (C=O) groups excluding carboxylic acids is 1. The number of hydroxylamine groups is 1. The zero-order chi connectivity index (χ0) is 8.91. The molecule has 0 radical (unpaired) electrons. The summed E-state index contributed by atoms with van der Waals surface area (Å²) in [7, 11) is 0. The molecule has 0 fully saturated rings. The van der Waals surface area contributed by atoms with Crippen molar-refractivity contribution in [1.29, 1.82) is 0 Å². The lowest BCUT2D eigenvalue weighted by atomic mass is 10.1. The number of hydrogen-bond donors (Lipinski definition) is 1. The van der Waals surface area contributed by atoms with Crippen LogP contribution in [-0.4, -0.2) is 11.5 Å². The van der Waals surface area contributed by atoms with E-state index in [1.807, 2.05) is 27.7 Å². The van der Waals surface area contributed by atoms with Gasteiger partial charge in [0.15, 0.2) is 0 Å². The Hall–Kier alpha value is -0.570. The van der Waals surface area contributed by atoms with E-state index >= 15 is 0 Å². The van der Waals surface area contributed by atoms with Crippen LogP contribution >= 0.6 is 0 Å². The maximum absolute atomic E-state index is 10.8. The quantitative estimate of drug-likeness (QED) is 0.636. The number of hydrogen-bond acceptors (Lipinski definition) is 3. The van der Waals surface area contributed by atoms with E-state index in [0.29, 0.717) is 6.42 Å². The summed E-state index contributed by atoms with van der Waals surface area (Å²) in [5, 5.41) is 0. The summed E-state index contributed by atoms with van der Waals surface area (Å²) in [5.41, 5.74) is 2.49. The van der Waals surface area contributed by atoms with Crippen LogP contribution in [0, 0.1) is 0 Å². The molecule has 0 heterocycles. The zero-order valence-electron chi connectivity index (χ0n) is 7.73. The van der Waals surface area contributed by atoms with Crippen molar-refractivity contribution in [1.82, 2.24) is 5.48 Å². The van der Waals surface area contributed by atoms with Gasteiger partial charge in [0.2, 0.25) is 0 Å². The van der Waals surface area contributed by atoms with Crippen LogP contribution in [0.25, 0.3) is 0 Å². The lowest BCUT2D eigenvalue weighted by Crippen LogP contribution is -2.37. The summed E-state index contributed by atoms with van der Waals surface area (Å²) in [6.45, 7) is 7.75. The molecule has 0 aromatic heterocycles.